The molecule has 0 saturated carbocycles. The van der Waals surface area contributed by atoms with Crippen LogP contribution >= 0.6 is 12.4 Å². The van der Waals surface area contributed by atoms with E-state index in [9.17, 15) is 8.42 Å². The number of nitrogens with two attached hydrogens (primary N) is 1. The third-order valence-corrected chi connectivity index (χ3v) is 3.21. The Balaban J connectivity index is 0.000001000. The van der Waals surface area contributed by atoms with Crippen LogP contribution in [0.5, 0.6) is 0 Å². The number of sulfone groups is 1. The van der Waals surface area contributed by atoms with Crippen LogP contribution in [-0.4, -0.2) is 39.2 Å². The number of hydrogen-bond donors (Lipinski definition) is 1. The van der Waals surface area contributed by atoms with Crippen molar-refractivity contribution in [1.82, 2.24) is 0 Å². The van der Waals surface area contributed by atoms with Crippen LogP contribution in [0.2, 0.25) is 0 Å². The molecule has 11 heavy (non-hydrogen) atoms. The lowest BCUT2D eigenvalue weighted by Gasteiger charge is -2.09. The Morgan fingerprint density at radius 3 is 2.18 bits per heavy atom. The average Bonchev–Trinajstić information content (AvgIpc) is 2.11. The third-order valence-electron chi connectivity index (χ3n) is 1.62. The largest absolute Gasteiger partial charge is 0.378 e. The first kappa shape index (κ1) is 11.2. The molecule has 0 bridgehead atoms. The van der Waals surface area contributed by atoms with Gasteiger partial charge < -0.3 is 10.5 Å². The van der Waals surface area contributed by atoms with Crippen LogP contribution in [-0.2, 0) is 14.6 Å². The number of rotatable bonds is 1. The Hall–Kier alpha value is 0.160. The molecule has 1 heterocycles. The summed E-state index contributed by atoms with van der Waals surface area (Å²) < 4.78 is 26.7. The second-order valence-corrected chi connectivity index (χ2v) is 4.83. The molecule has 1 aliphatic rings. The van der Waals surface area contributed by atoms with E-state index in [0.717, 1.165) is 0 Å². The fourth-order valence-electron chi connectivity index (χ4n) is 0.992. The van der Waals surface area contributed by atoms with Crippen molar-refractivity contribution in [3.05, 3.63) is 0 Å². The summed E-state index contributed by atoms with van der Waals surface area (Å²) in [5, 5.41) is -0.493. The van der Waals surface area contributed by atoms with E-state index >= 15 is 0 Å². The zero-order chi connectivity index (χ0) is 7.78. The molecule has 1 rings (SSSR count). The van der Waals surface area contributed by atoms with E-state index in [4.69, 9.17) is 10.5 Å². The van der Waals surface area contributed by atoms with Crippen LogP contribution in [0.1, 0.15) is 0 Å². The van der Waals surface area contributed by atoms with Crippen LogP contribution < -0.4 is 5.73 Å². The second kappa shape index (κ2) is 3.71. The summed E-state index contributed by atoms with van der Waals surface area (Å²) >= 11 is 0. The van der Waals surface area contributed by atoms with Crippen molar-refractivity contribution in [3.8, 4) is 0 Å². The molecule has 1 fully saturated rings. The average molecular weight is 202 g/mol. The SMILES string of the molecule is CS(=O)(=O)[C@@H]1COC[C@H]1N.Cl. The molecule has 0 radical (unpaired) electrons. The molecule has 68 valence electrons. The summed E-state index contributed by atoms with van der Waals surface area (Å²) in [6, 6.07) is -0.338. The van der Waals surface area contributed by atoms with Crippen LogP contribution in [0.4, 0.5) is 0 Å². The predicted molar refractivity (Wildman–Crippen MR) is 44.7 cm³/mol. The molecule has 1 saturated heterocycles. The van der Waals surface area contributed by atoms with Gasteiger partial charge in [0.2, 0.25) is 0 Å². The molecule has 0 aliphatic carbocycles. The van der Waals surface area contributed by atoms with E-state index in [1.807, 2.05) is 0 Å². The van der Waals surface area contributed by atoms with Crippen LogP contribution in [0.25, 0.3) is 0 Å². The maximum atomic E-state index is 10.9. The van der Waals surface area contributed by atoms with Crippen molar-refractivity contribution in [2.45, 2.75) is 11.3 Å². The van der Waals surface area contributed by atoms with Crippen LogP contribution in [0.3, 0.4) is 0 Å². The van der Waals surface area contributed by atoms with E-state index in [2.05, 4.69) is 0 Å². The molecule has 4 nitrogen and oxygen atoms in total. The maximum Gasteiger partial charge on any atom is 0.154 e. The lowest BCUT2D eigenvalue weighted by molar-refractivity contribution is 0.194. The molecule has 0 aromatic rings. The van der Waals surface area contributed by atoms with Gasteiger partial charge in [-0.25, -0.2) is 8.42 Å². The van der Waals surface area contributed by atoms with E-state index in [1.165, 1.54) is 6.26 Å². The van der Waals surface area contributed by atoms with E-state index < -0.39 is 15.1 Å². The molecule has 1 aliphatic heterocycles. The zero-order valence-electron chi connectivity index (χ0n) is 6.19. The highest BCUT2D eigenvalue weighted by Crippen LogP contribution is 2.11. The van der Waals surface area contributed by atoms with Crippen LogP contribution in [0.15, 0.2) is 0 Å². The van der Waals surface area contributed by atoms with Gasteiger partial charge in [0.15, 0.2) is 9.84 Å². The minimum absolute atomic E-state index is 0. The fourth-order valence-corrected chi connectivity index (χ4v) is 2.05. The van der Waals surface area contributed by atoms with Crippen molar-refractivity contribution in [1.29, 1.82) is 0 Å². The number of hydrogen-bond acceptors (Lipinski definition) is 4. The van der Waals surface area contributed by atoms with Gasteiger partial charge in [0.05, 0.1) is 13.2 Å². The van der Waals surface area contributed by atoms with Gasteiger partial charge in [0, 0.05) is 12.3 Å². The van der Waals surface area contributed by atoms with Gasteiger partial charge >= 0.3 is 0 Å². The monoisotopic (exact) mass is 201 g/mol. The minimum Gasteiger partial charge on any atom is -0.378 e. The Bertz CT molecular complexity index is 216. The van der Waals surface area contributed by atoms with Crippen molar-refractivity contribution in [2.75, 3.05) is 19.5 Å². The summed E-state index contributed by atoms with van der Waals surface area (Å²) in [6.07, 6.45) is 1.19. The van der Waals surface area contributed by atoms with Crippen molar-refractivity contribution in [3.63, 3.8) is 0 Å². The molecular weight excluding hydrogens is 190 g/mol. The molecule has 0 amide bonds. The van der Waals surface area contributed by atoms with Gasteiger partial charge in [-0.05, 0) is 0 Å². The molecule has 0 aromatic heterocycles. The summed E-state index contributed by atoms with van der Waals surface area (Å²) in [7, 11) is -3.00. The zero-order valence-corrected chi connectivity index (χ0v) is 7.82. The first-order chi connectivity index (χ1) is 4.52. The topological polar surface area (TPSA) is 69.4 Å². The van der Waals surface area contributed by atoms with Gasteiger partial charge in [0.25, 0.3) is 0 Å². The smallest absolute Gasteiger partial charge is 0.154 e. The van der Waals surface area contributed by atoms with Gasteiger partial charge in [-0.3, -0.25) is 0 Å². The molecule has 2 atom stereocenters. The standard InChI is InChI=1S/C5H11NO3S.ClH/c1-10(7,8)5-3-9-2-4(5)6;/h4-5H,2-3,6H2,1H3;1H/t4-,5-;/m1./s1. The lowest BCUT2D eigenvalue weighted by atomic mass is 10.3. The Morgan fingerprint density at radius 1 is 1.45 bits per heavy atom. The summed E-state index contributed by atoms with van der Waals surface area (Å²) in [6.45, 7) is 0.609. The first-order valence-corrected chi connectivity index (χ1v) is 4.99. The molecule has 0 aromatic carbocycles. The maximum absolute atomic E-state index is 10.9. The van der Waals surface area contributed by atoms with Crippen molar-refractivity contribution < 1.29 is 13.2 Å². The highest BCUT2D eigenvalue weighted by molar-refractivity contribution is 7.91. The predicted octanol–water partition coefficient (Wildman–Crippen LogP) is -0.821. The molecule has 2 N–H and O–H groups in total. The summed E-state index contributed by atoms with van der Waals surface area (Å²) in [5.41, 5.74) is 5.46. The van der Waals surface area contributed by atoms with Crippen molar-refractivity contribution >= 4 is 22.2 Å². The minimum atomic E-state index is -3.00. The number of halogens is 1. The quantitative estimate of drug-likeness (QED) is 0.602. The fraction of sp³-hybridized carbons (Fsp3) is 1.00. The van der Waals surface area contributed by atoms with Gasteiger partial charge in [-0.15, -0.1) is 12.4 Å². The molecule has 0 spiro atoms. The van der Waals surface area contributed by atoms with E-state index in [1.54, 1.807) is 0 Å². The normalized spacial score (nSPS) is 31.5. The van der Waals surface area contributed by atoms with E-state index in [-0.39, 0.29) is 25.1 Å². The van der Waals surface area contributed by atoms with Crippen molar-refractivity contribution in [2.24, 2.45) is 5.73 Å². The van der Waals surface area contributed by atoms with E-state index in [0.29, 0.717) is 6.61 Å². The number of ether oxygens (including phenoxy) is 1. The Morgan fingerprint density at radius 2 is 2.00 bits per heavy atom. The summed E-state index contributed by atoms with van der Waals surface area (Å²) in [4.78, 5) is 0. The van der Waals surface area contributed by atoms with Gasteiger partial charge in [-0.1, -0.05) is 0 Å². The Kier molecular flexibility index (Phi) is 3.76. The second-order valence-electron chi connectivity index (χ2n) is 2.57. The third kappa shape index (κ3) is 2.59. The Labute approximate surface area is 72.4 Å². The molecular formula is C5H12ClNO3S. The highest BCUT2D eigenvalue weighted by atomic mass is 35.5. The lowest BCUT2D eigenvalue weighted by Crippen LogP contribution is -2.38. The summed E-state index contributed by atoms with van der Waals surface area (Å²) in [5.74, 6) is 0. The first-order valence-electron chi connectivity index (χ1n) is 3.04. The molecule has 6 heteroatoms. The van der Waals surface area contributed by atoms with Crippen LogP contribution in [0, 0.1) is 0 Å². The highest BCUT2D eigenvalue weighted by Gasteiger charge is 2.32. The van der Waals surface area contributed by atoms with Gasteiger partial charge in [-0.2, -0.15) is 0 Å². The van der Waals surface area contributed by atoms with Gasteiger partial charge in [0.1, 0.15) is 5.25 Å². The molecule has 0 unspecified atom stereocenters.